The molecule has 1 aliphatic heterocycles. The van der Waals surface area contributed by atoms with Crippen LogP contribution in [0.4, 0.5) is 17.5 Å². The van der Waals surface area contributed by atoms with E-state index >= 15 is 0 Å². The number of methoxy groups -OCH3 is 1. The minimum Gasteiger partial charge on any atom is -0.497 e. The summed E-state index contributed by atoms with van der Waals surface area (Å²) in [6, 6.07) is 15.3. The monoisotopic (exact) mass is 350 g/mol. The zero-order valence-electron chi connectivity index (χ0n) is 14.2. The van der Waals surface area contributed by atoms with Gasteiger partial charge in [0.25, 0.3) is 0 Å². The van der Waals surface area contributed by atoms with E-state index in [-0.39, 0.29) is 6.79 Å². The molecule has 1 aliphatic rings. The number of ether oxygens (including phenoxy) is 3. The molecule has 0 unspecified atom stereocenters. The molecule has 132 valence electrons. The fraction of sp³-hybridized carbons (Fsp3) is 0.158. The van der Waals surface area contributed by atoms with Gasteiger partial charge in [0.15, 0.2) is 11.5 Å². The van der Waals surface area contributed by atoms with Gasteiger partial charge in [0, 0.05) is 24.5 Å². The quantitative estimate of drug-likeness (QED) is 0.704. The Bertz CT molecular complexity index is 917. The van der Waals surface area contributed by atoms with Crippen molar-refractivity contribution in [1.82, 2.24) is 9.97 Å². The molecule has 2 N–H and O–H groups in total. The number of nitrogens with one attached hydrogen (secondary N) is 2. The molecule has 0 bridgehead atoms. The lowest BCUT2D eigenvalue weighted by atomic mass is 10.2. The summed E-state index contributed by atoms with van der Waals surface area (Å²) in [6.07, 6.45) is 1.71. The Labute approximate surface area is 151 Å². The van der Waals surface area contributed by atoms with Crippen LogP contribution in [0, 0.1) is 0 Å². The minimum atomic E-state index is 0.271. The van der Waals surface area contributed by atoms with Crippen molar-refractivity contribution in [2.24, 2.45) is 0 Å². The molecular formula is C19H18N4O3. The van der Waals surface area contributed by atoms with Gasteiger partial charge in [-0.05, 0) is 35.9 Å². The highest BCUT2D eigenvalue weighted by molar-refractivity contribution is 5.58. The third kappa shape index (κ3) is 3.61. The Morgan fingerprint density at radius 1 is 1.08 bits per heavy atom. The van der Waals surface area contributed by atoms with Gasteiger partial charge in [0.05, 0.1) is 7.11 Å². The van der Waals surface area contributed by atoms with Crippen LogP contribution in [0.15, 0.2) is 54.7 Å². The zero-order chi connectivity index (χ0) is 17.8. The summed E-state index contributed by atoms with van der Waals surface area (Å²) in [5.74, 6) is 3.55. The Morgan fingerprint density at radius 2 is 2.00 bits per heavy atom. The fourth-order valence-electron chi connectivity index (χ4n) is 2.59. The number of fused-ring (bicyclic) bond motifs is 1. The second-order valence-corrected chi connectivity index (χ2v) is 5.66. The first-order valence-electron chi connectivity index (χ1n) is 8.17. The van der Waals surface area contributed by atoms with Crippen molar-refractivity contribution in [3.8, 4) is 17.2 Å². The normalized spacial score (nSPS) is 11.9. The van der Waals surface area contributed by atoms with Gasteiger partial charge >= 0.3 is 0 Å². The molecule has 1 aromatic heterocycles. The maximum absolute atomic E-state index is 5.39. The van der Waals surface area contributed by atoms with Gasteiger partial charge in [0.1, 0.15) is 11.6 Å². The third-order valence-electron chi connectivity index (χ3n) is 3.89. The van der Waals surface area contributed by atoms with Crippen LogP contribution in [0.1, 0.15) is 5.56 Å². The number of aromatic nitrogens is 2. The van der Waals surface area contributed by atoms with Gasteiger partial charge < -0.3 is 24.8 Å². The first-order chi connectivity index (χ1) is 12.8. The van der Waals surface area contributed by atoms with E-state index in [2.05, 4.69) is 20.6 Å². The maximum atomic E-state index is 5.39. The molecule has 4 rings (SSSR count). The molecule has 7 heteroatoms. The van der Waals surface area contributed by atoms with E-state index in [1.807, 2.05) is 48.5 Å². The Kier molecular flexibility index (Phi) is 4.42. The van der Waals surface area contributed by atoms with Crippen LogP contribution in [-0.4, -0.2) is 23.9 Å². The first kappa shape index (κ1) is 16.0. The van der Waals surface area contributed by atoms with Crippen molar-refractivity contribution in [3.05, 3.63) is 60.3 Å². The third-order valence-corrected chi connectivity index (χ3v) is 3.89. The molecule has 7 nitrogen and oxygen atoms in total. The van der Waals surface area contributed by atoms with E-state index < -0.39 is 0 Å². The Morgan fingerprint density at radius 3 is 2.92 bits per heavy atom. The maximum Gasteiger partial charge on any atom is 0.231 e. The number of hydrogen-bond acceptors (Lipinski definition) is 7. The number of nitrogens with zero attached hydrogens (tertiary/aromatic N) is 2. The molecule has 0 atom stereocenters. The Hall–Kier alpha value is -3.48. The molecule has 0 fully saturated rings. The molecule has 26 heavy (non-hydrogen) atoms. The van der Waals surface area contributed by atoms with Crippen LogP contribution in [0.5, 0.6) is 17.2 Å². The van der Waals surface area contributed by atoms with Crippen molar-refractivity contribution in [3.63, 3.8) is 0 Å². The highest BCUT2D eigenvalue weighted by atomic mass is 16.7. The van der Waals surface area contributed by atoms with Crippen molar-refractivity contribution < 1.29 is 14.2 Å². The predicted molar refractivity (Wildman–Crippen MR) is 98.2 cm³/mol. The number of rotatable bonds is 6. The molecule has 2 aromatic carbocycles. The van der Waals surface area contributed by atoms with Crippen LogP contribution in [0.25, 0.3) is 0 Å². The van der Waals surface area contributed by atoms with Gasteiger partial charge in [-0.2, -0.15) is 4.98 Å². The molecule has 0 amide bonds. The van der Waals surface area contributed by atoms with E-state index in [0.29, 0.717) is 18.3 Å². The van der Waals surface area contributed by atoms with Gasteiger partial charge in [-0.3, -0.25) is 0 Å². The van der Waals surface area contributed by atoms with Crippen LogP contribution < -0.4 is 24.8 Å². The molecular weight excluding hydrogens is 332 g/mol. The predicted octanol–water partition coefficient (Wildman–Crippen LogP) is 3.57. The highest BCUT2D eigenvalue weighted by Gasteiger charge is 2.13. The summed E-state index contributed by atoms with van der Waals surface area (Å²) in [5.41, 5.74) is 1.95. The number of hydrogen-bond donors (Lipinski definition) is 2. The molecule has 2 heterocycles. The van der Waals surface area contributed by atoms with E-state index in [9.17, 15) is 0 Å². The van der Waals surface area contributed by atoms with Gasteiger partial charge in [-0.15, -0.1) is 0 Å². The second-order valence-electron chi connectivity index (χ2n) is 5.66. The Balaban J connectivity index is 1.42. The lowest BCUT2D eigenvalue weighted by molar-refractivity contribution is 0.174. The SMILES string of the molecule is COc1cccc(Nc2ccnc(NCc3ccc4c(c3)OCO4)n2)c1. The standard InChI is InChI=1S/C19H18N4O3/c1-24-15-4-2-3-14(10-15)22-18-7-8-20-19(23-18)21-11-13-5-6-16-17(9-13)26-12-25-16/h2-10H,11-12H2,1H3,(H2,20,21,22,23). The fourth-order valence-corrected chi connectivity index (χ4v) is 2.59. The van der Waals surface area contributed by atoms with E-state index in [4.69, 9.17) is 14.2 Å². The van der Waals surface area contributed by atoms with Crippen LogP contribution >= 0.6 is 0 Å². The summed E-state index contributed by atoms with van der Waals surface area (Å²) in [4.78, 5) is 8.74. The van der Waals surface area contributed by atoms with Crippen LogP contribution in [0.2, 0.25) is 0 Å². The average molecular weight is 350 g/mol. The van der Waals surface area contributed by atoms with Crippen molar-refractivity contribution in [1.29, 1.82) is 0 Å². The van der Waals surface area contributed by atoms with Gasteiger partial charge in [-0.25, -0.2) is 4.98 Å². The topological polar surface area (TPSA) is 77.5 Å². The van der Waals surface area contributed by atoms with Gasteiger partial charge in [0.2, 0.25) is 12.7 Å². The van der Waals surface area contributed by atoms with E-state index in [1.54, 1.807) is 13.3 Å². The molecule has 0 aliphatic carbocycles. The average Bonchev–Trinajstić information content (AvgIpc) is 3.15. The summed E-state index contributed by atoms with van der Waals surface area (Å²) in [6.45, 7) is 0.854. The largest absolute Gasteiger partial charge is 0.497 e. The first-order valence-corrected chi connectivity index (χ1v) is 8.17. The number of anilines is 3. The van der Waals surface area contributed by atoms with Crippen molar-refractivity contribution in [2.75, 3.05) is 24.5 Å². The van der Waals surface area contributed by atoms with Crippen molar-refractivity contribution in [2.45, 2.75) is 6.54 Å². The molecule has 0 saturated carbocycles. The summed E-state index contributed by atoms with van der Waals surface area (Å²) in [5, 5.41) is 6.46. The van der Waals surface area contributed by atoms with E-state index in [1.165, 1.54) is 0 Å². The molecule has 3 aromatic rings. The number of benzene rings is 2. The molecule has 0 radical (unpaired) electrons. The van der Waals surface area contributed by atoms with Crippen molar-refractivity contribution >= 4 is 17.5 Å². The lowest BCUT2D eigenvalue weighted by Crippen LogP contribution is -2.05. The lowest BCUT2D eigenvalue weighted by Gasteiger charge is -2.09. The highest BCUT2D eigenvalue weighted by Crippen LogP contribution is 2.32. The van der Waals surface area contributed by atoms with Crippen LogP contribution in [-0.2, 0) is 6.54 Å². The smallest absolute Gasteiger partial charge is 0.231 e. The summed E-state index contributed by atoms with van der Waals surface area (Å²) >= 11 is 0. The second kappa shape index (κ2) is 7.18. The summed E-state index contributed by atoms with van der Waals surface area (Å²) in [7, 11) is 1.64. The summed E-state index contributed by atoms with van der Waals surface area (Å²) < 4.78 is 15.9. The van der Waals surface area contributed by atoms with Crippen LogP contribution in [0.3, 0.4) is 0 Å². The zero-order valence-corrected chi connectivity index (χ0v) is 14.2. The molecule has 0 saturated heterocycles. The minimum absolute atomic E-state index is 0.271. The van der Waals surface area contributed by atoms with Gasteiger partial charge in [-0.1, -0.05) is 12.1 Å². The van der Waals surface area contributed by atoms with E-state index in [0.717, 1.165) is 28.5 Å². The molecule has 0 spiro atoms.